The summed E-state index contributed by atoms with van der Waals surface area (Å²) < 4.78 is 1.47. The zero-order valence-corrected chi connectivity index (χ0v) is 8.95. The Kier molecular flexibility index (Phi) is 3.06. The molecule has 0 atom stereocenters. The maximum Gasteiger partial charge on any atom is 0.266 e. The van der Waals surface area contributed by atoms with E-state index in [9.17, 15) is 4.79 Å². The van der Waals surface area contributed by atoms with E-state index in [0.29, 0.717) is 13.1 Å². The summed E-state index contributed by atoms with van der Waals surface area (Å²) in [5.41, 5.74) is 6.28. The summed E-state index contributed by atoms with van der Waals surface area (Å²) in [5, 5.41) is 4.15. The van der Waals surface area contributed by atoms with Crippen LogP contribution in [-0.4, -0.2) is 16.3 Å². The molecule has 0 radical (unpaired) electrons. The first-order valence-electron chi connectivity index (χ1n) is 4.69. The minimum absolute atomic E-state index is 0.0721. The zero-order valence-electron chi connectivity index (χ0n) is 8.95. The largest absolute Gasteiger partial charge is 0.330 e. The normalized spacial score (nSPS) is 11.7. The molecule has 14 heavy (non-hydrogen) atoms. The standard InChI is InChI=1S/C10H17N3O/c1-8-4-5-9(14)13(12-8)7-10(2,3)6-11/h4-5H,6-7,11H2,1-3H3. The van der Waals surface area contributed by atoms with E-state index in [0.717, 1.165) is 5.69 Å². The van der Waals surface area contributed by atoms with Gasteiger partial charge in [-0.3, -0.25) is 4.79 Å². The van der Waals surface area contributed by atoms with Crippen molar-refractivity contribution in [3.63, 3.8) is 0 Å². The number of nitrogens with zero attached hydrogens (tertiary/aromatic N) is 2. The van der Waals surface area contributed by atoms with E-state index < -0.39 is 0 Å². The van der Waals surface area contributed by atoms with Crippen LogP contribution >= 0.6 is 0 Å². The van der Waals surface area contributed by atoms with E-state index in [4.69, 9.17) is 5.73 Å². The van der Waals surface area contributed by atoms with Gasteiger partial charge in [-0.05, 0) is 24.9 Å². The molecule has 0 saturated carbocycles. The molecule has 1 rings (SSSR count). The average molecular weight is 195 g/mol. The Hall–Kier alpha value is -1.16. The van der Waals surface area contributed by atoms with Crippen molar-refractivity contribution in [3.8, 4) is 0 Å². The van der Waals surface area contributed by atoms with Crippen LogP contribution < -0.4 is 11.3 Å². The maximum atomic E-state index is 11.4. The van der Waals surface area contributed by atoms with Crippen LogP contribution in [-0.2, 0) is 6.54 Å². The topological polar surface area (TPSA) is 60.9 Å². The molecule has 0 aliphatic heterocycles. The van der Waals surface area contributed by atoms with E-state index in [1.807, 2.05) is 20.8 Å². The highest BCUT2D eigenvalue weighted by atomic mass is 16.1. The molecule has 0 spiro atoms. The van der Waals surface area contributed by atoms with Gasteiger partial charge in [0.05, 0.1) is 12.2 Å². The van der Waals surface area contributed by atoms with Crippen molar-refractivity contribution in [1.29, 1.82) is 0 Å². The average Bonchev–Trinajstić information content (AvgIpc) is 2.11. The third-order valence-corrected chi connectivity index (χ3v) is 2.13. The Morgan fingerprint density at radius 2 is 2.14 bits per heavy atom. The predicted octanol–water partition coefficient (Wildman–Crippen LogP) is 0.537. The van der Waals surface area contributed by atoms with Gasteiger partial charge in [-0.2, -0.15) is 5.10 Å². The third-order valence-electron chi connectivity index (χ3n) is 2.13. The Balaban J connectivity index is 2.97. The second kappa shape index (κ2) is 3.92. The first-order chi connectivity index (χ1) is 6.44. The highest BCUT2D eigenvalue weighted by Crippen LogP contribution is 2.13. The van der Waals surface area contributed by atoms with Gasteiger partial charge in [-0.15, -0.1) is 0 Å². The monoisotopic (exact) mass is 195 g/mol. The van der Waals surface area contributed by atoms with Crippen molar-refractivity contribution >= 4 is 0 Å². The lowest BCUT2D eigenvalue weighted by atomic mass is 9.94. The molecule has 0 unspecified atom stereocenters. The van der Waals surface area contributed by atoms with Crippen LogP contribution in [0.15, 0.2) is 16.9 Å². The molecule has 0 fully saturated rings. The van der Waals surface area contributed by atoms with Gasteiger partial charge in [0.15, 0.2) is 0 Å². The lowest BCUT2D eigenvalue weighted by Gasteiger charge is -2.22. The van der Waals surface area contributed by atoms with E-state index in [2.05, 4.69) is 5.10 Å². The van der Waals surface area contributed by atoms with E-state index >= 15 is 0 Å². The highest BCUT2D eigenvalue weighted by Gasteiger charge is 2.17. The molecular weight excluding hydrogens is 178 g/mol. The summed E-state index contributed by atoms with van der Waals surface area (Å²) in [6.45, 7) is 7.00. The number of hydrogen-bond donors (Lipinski definition) is 1. The summed E-state index contributed by atoms with van der Waals surface area (Å²) >= 11 is 0. The number of hydrogen-bond acceptors (Lipinski definition) is 3. The van der Waals surface area contributed by atoms with Crippen LogP contribution in [0.4, 0.5) is 0 Å². The summed E-state index contributed by atoms with van der Waals surface area (Å²) in [6, 6.07) is 3.25. The highest BCUT2D eigenvalue weighted by molar-refractivity contribution is 4.97. The van der Waals surface area contributed by atoms with Crippen LogP contribution in [0.1, 0.15) is 19.5 Å². The van der Waals surface area contributed by atoms with Gasteiger partial charge in [0.25, 0.3) is 5.56 Å². The molecule has 1 aromatic heterocycles. The minimum Gasteiger partial charge on any atom is -0.330 e. The van der Waals surface area contributed by atoms with E-state index in [-0.39, 0.29) is 11.0 Å². The molecule has 1 heterocycles. The molecule has 4 nitrogen and oxygen atoms in total. The molecule has 0 aliphatic rings. The van der Waals surface area contributed by atoms with Crippen LogP contribution in [0, 0.1) is 12.3 Å². The first-order valence-corrected chi connectivity index (χ1v) is 4.69. The fourth-order valence-electron chi connectivity index (χ4n) is 1.13. The molecule has 0 bridgehead atoms. The minimum atomic E-state index is -0.0926. The lowest BCUT2D eigenvalue weighted by Crippen LogP contribution is -2.34. The van der Waals surface area contributed by atoms with Gasteiger partial charge in [0.2, 0.25) is 0 Å². The van der Waals surface area contributed by atoms with Gasteiger partial charge in [0, 0.05) is 6.07 Å². The maximum absolute atomic E-state index is 11.4. The van der Waals surface area contributed by atoms with Crippen LogP contribution in [0.25, 0.3) is 0 Å². The van der Waals surface area contributed by atoms with Crippen molar-refractivity contribution in [2.45, 2.75) is 27.3 Å². The Labute approximate surface area is 83.7 Å². The molecular formula is C10H17N3O. The fraction of sp³-hybridized carbons (Fsp3) is 0.600. The fourth-order valence-corrected chi connectivity index (χ4v) is 1.13. The van der Waals surface area contributed by atoms with Gasteiger partial charge in [-0.25, -0.2) is 4.68 Å². The van der Waals surface area contributed by atoms with Crippen molar-refractivity contribution in [2.75, 3.05) is 6.54 Å². The van der Waals surface area contributed by atoms with Gasteiger partial charge in [-0.1, -0.05) is 13.8 Å². The molecule has 4 heteroatoms. The van der Waals surface area contributed by atoms with Gasteiger partial charge >= 0.3 is 0 Å². The lowest BCUT2D eigenvalue weighted by molar-refractivity contribution is 0.293. The van der Waals surface area contributed by atoms with Crippen molar-refractivity contribution < 1.29 is 0 Å². The molecule has 0 saturated heterocycles. The van der Waals surface area contributed by atoms with E-state index in [1.165, 1.54) is 10.7 Å². The smallest absolute Gasteiger partial charge is 0.266 e. The van der Waals surface area contributed by atoms with Crippen LogP contribution in [0.3, 0.4) is 0 Å². The molecule has 0 aromatic carbocycles. The van der Waals surface area contributed by atoms with Crippen molar-refractivity contribution in [1.82, 2.24) is 9.78 Å². The summed E-state index contributed by atoms with van der Waals surface area (Å²) in [5.74, 6) is 0. The molecule has 1 aromatic rings. The first kappa shape index (κ1) is 10.9. The summed E-state index contributed by atoms with van der Waals surface area (Å²) in [4.78, 5) is 11.4. The molecule has 78 valence electrons. The quantitative estimate of drug-likeness (QED) is 0.765. The third kappa shape index (κ3) is 2.67. The van der Waals surface area contributed by atoms with Gasteiger partial charge in [0.1, 0.15) is 0 Å². The molecule has 2 N–H and O–H groups in total. The predicted molar refractivity (Wildman–Crippen MR) is 56.1 cm³/mol. The van der Waals surface area contributed by atoms with Gasteiger partial charge < -0.3 is 5.73 Å². The second-order valence-electron chi connectivity index (χ2n) is 4.34. The Bertz CT molecular complexity index is 368. The van der Waals surface area contributed by atoms with Crippen LogP contribution in [0.5, 0.6) is 0 Å². The summed E-state index contributed by atoms with van der Waals surface area (Å²) in [7, 11) is 0. The number of aryl methyl sites for hydroxylation is 1. The van der Waals surface area contributed by atoms with Crippen molar-refractivity contribution in [2.24, 2.45) is 11.1 Å². The Morgan fingerprint density at radius 3 is 2.71 bits per heavy atom. The number of rotatable bonds is 3. The zero-order chi connectivity index (χ0) is 10.8. The van der Waals surface area contributed by atoms with Crippen molar-refractivity contribution in [3.05, 3.63) is 28.2 Å². The van der Waals surface area contributed by atoms with Crippen LogP contribution in [0.2, 0.25) is 0 Å². The summed E-state index contributed by atoms with van der Waals surface area (Å²) in [6.07, 6.45) is 0. The molecule has 0 amide bonds. The van der Waals surface area contributed by atoms with E-state index in [1.54, 1.807) is 6.07 Å². The number of aromatic nitrogens is 2. The second-order valence-corrected chi connectivity index (χ2v) is 4.34. The molecule has 0 aliphatic carbocycles. The number of nitrogens with two attached hydrogens (primary N) is 1. The SMILES string of the molecule is Cc1ccc(=O)n(CC(C)(C)CN)n1. The Morgan fingerprint density at radius 1 is 1.50 bits per heavy atom.